The van der Waals surface area contributed by atoms with E-state index in [1.165, 1.54) is 0 Å². The number of carbonyl (C=O) groups excluding carboxylic acids is 1. The molecule has 0 fully saturated rings. The minimum absolute atomic E-state index is 0.0159. The first-order valence-corrected chi connectivity index (χ1v) is 6.94. The van der Waals surface area contributed by atoms with E-state index in [9.17, 15) is 9.59 Å². The zero-order valence-electron chi connectivity index (χ0n) is 13.1. The van der Waals surface area contributed by atoms with Gasteiger partial charge in [0.15, 0.2) is 0 Å². The van der Waals surface area contributed by atoms with E-state index < -0.39 is 11.4 Å². The molecule has 0 saturated carbocycles. The van der Waals surface area contributed by atoms with E-state index in [-0.39, 0.29) is 18.7 Å². The third-order valence-electron chi connectivity index (χ3n) is 3.21. The third kappa shape index (κ3) is 6.29. The molecule has 0 saturated heterocycles. The second kappa shape index (κ2) is 7.11. The van der Waals surface area contributed by atoms with E-state index in [1.54, 1.807) is 13.8 Å². The summed E-state index contributed by atoms with van der Waals surface area (Å²) in [5, 5.41) is 11.6. The van der Waals surface area contributed by atoms with Crippen molar-refractivity contribution in [3.8, 4) is 0 Å². The summed E-state index contributed by atoms with van der Waals surface area (Å²) in [5.74, 6) is -1.01. The monoisotopic (exact) mass is 292 g/mol. The summed E-state index contributed by atoms with van der Waals surface area (Å²) in [7, 11) is 3.95. The normalized spacial score (nSPS) is 11.0. The van der Waals surface area contributed by atoms with Gasteiger partial charge >= 0.3 is 5.97 Å². The van der Waals surface area contributed by atoms with Crippen LogP contribution in [0.2, 0.25) is 0 Å². The molecule has 2 N–H and O–H groups in total. The molecule has 1 aromatic carbocycles. The first-order chi connectivity index (χ1) is 9.69. The van der Waals surface area contributed by atoms with Crippen molar-refractivity contribution in [1.82, 2.24) is 5.32 Å². The summed E-state index contributed by atoms with van der Waals surface area (Å²) < 4.78 is 0. The number of hydrogen-bond acceptors (Lipinski definition) is 3. The van der Waals surface area contributed by atoms with E-state index >= 15 is 0 Å². The Hall–Kier alpha value is -2.04. The molecule has 0 aliphatic heterocycles. The number of carbonyl (C=O) groups is 2. The Morgan fingerprint density at radius 3 is 2.19 bits per heavy atom. The first kappa shape index (κ1) is 17.0. The van der Waals surface area contributed by atoms with Crippen molar-refractivity contribution in [3.05, 3.63) is 29.8 Å². The van der Waals surface area contributed by atoms with Gasteiger partial charge in [-0.25, -0.2) is 0 Å². The average Bonchev–Trinajstić information content (AvgIpc) is 2.34. The molecule has 5 nitrogen and oxygen atoms in total. The molecule has 0 aromatic heterocycles. The maximum atomic E-state index is 11.9. The number of carboxylic acids is 1. The highest BCUT2D eigenvalue weighted by Crippen LogP contribution is 2.24. The van der Waals surface area contributed by atoms with Crippen LogP contribution in [0.3, 0.4) is 0 Å². The Balaban J connectivity index is 2.47. The Kier molecular flexibility index (Phi) is 5.76. The Morgan fingerprint density at radius 1 is 1.14 bits per heavy atom. The maximum Gasteiger partial charge on any atom is 0.303 e. The van der Waals surface area contributed by atoms with Crippen molar-refractivity contribution >= 4 is 17.6 Å². The highest BCUT2D eigenvalue weighted by molar-refractivity contribution is 5.77. The molecule has 21 heavy (non-hydrogen) atoms. The summed E-state index contributed by atoms with van der Waals surface area (Å²) in [5.41, 5.74) is 1.59. The van der Waals surface area contributed by atoms with Gasteiger partial charge in [0.2, 0.25) is 5.91 Å². The van der Waals surface area contributed by atoms with Crippen molar-refractivity contribution in [1.29, 1.82) is 0 Å². The molecule has 0 bridgehead atoms. The Bertz CT molecular complexity index is 493. The zero-order chi connectivity index (χ0) is 16.0. The zero-order valence-corrected chi connectivity index (χ0v) is 13.1. The fraction of sp³-hybridized carbons (Fsp3) is 0.500. The van der Waals surface area contributed by atoms with Gasteiger partial charge < -0.3 is 15.3 Å². The minimum atomic E-state index is -0.882. The molecule has 116 valence electrons. The molecule has 0 atom stereocenters. The molecule has 0 aliphatic carbocycles. The Morgan fingerprint density at radius 2 is 1.71 bits per heavy atom. The largest absolute Gasteiger partial charge is 0.481 e. The van der Waals surface area contributed by atoms with Gasteiger partial charge in [-0.3, -0.25) is 9.59 Å². The van der Waals surface area contributed by atoms with Crippen LogP contribution in [0.15, 0.2) is 24.3 Å². The molecule has 0 spiro atoms. The first-order valence-electron chi connectivity index (χ1n) is 6.94. The summed E-state index contributed by atoms with van der Waals surface area (Å²) in [6.45, 7) is 4.02. The van der Waals surface area contributed by atoms with Crippen LogP contribution in [0.5, 0.6) is 0 Å². The fourth-order valence-electron chi connectivity index (χ4n) is 2.08. The van der Waals surface area contributed by atoms with Gasteiger partial charge in [-0.05, 0) is 23.1 Å². The standard InChI is InChI=1S/C16H24N2O3/c1-16(2,10-15(20)21)9-14(19)17-11-12-5-7-13(8-6-12)18(3)4/h5-8H,9-11H2,1-4H3,(H,17,19)(H,20,21). The van der Waals surface area contributed by atoms with Crippen LogP contribution >= 0.6 is 0 Å². The van der Waals surface area contributed by atoms with Gasteiger partial charge in [0, 0.05) is 32.7 Å². The SMILES string of the molecule is CN(C)c1ccc(CNC(=O)CC(C)(C)CC(=O)O)cc1. The molecule has 0 unspecified atom stereocenters. The second-order valence-corrected chi connectivity index (χ2v) is 6.25. The van der Waals surface area contributed by atoms with Crippen LogP contribution in [0, 0.1) is 5.41 Å². The number of nitrogens with one attached hydrogen (secondary N) is 1. The topological polar surface area (TPSA) is 69.6 Å². The molecule has 0 radical (unpaired) electrons. The lowest BCUT2D eigenvalue weighted by Gasteiger charge is -2.21. The predicted octanol–water partition coefficient (Wildman–Crippen LogP) is 2.26. The molecule has 1 aromatic rings. The maximum absolute atomic E-state index is 11.9. The minimum Gasteiger partial charge on any atom is -0.481 e. The highest BCUT2D eigenvalue weighted by Gasteiger charge is 2.24. The summed E-state index contributed by atoms with van der Waals surface area (Å²) in [6.07, 6.45) is 0.188. The molecule has 0 aliphatic rings. The number of nitrogens with zero attached hydrogens (tertiary/aromatic N) is 1. The number of amides is 1. The molecule has 5 heteroatoms. The lowest BCUT2D eigenvalue weighted by Crippen LogP contribution is -2.29. The van der Waals surface area contributed by atoms with Gasteiger partial charge in [-0.1, -0.05) is 26.0 Å². The van der Waals surface area contributed by atoms with E-state index in [2.05, 4.69) is 5.32 Å². The van der Waals surface area contributed by atoms with Gasteiger partial charge in [-0.2, -0.15) is 0 Å². The lowest BCUT2D eigenvalue weighted by atomic mass is 9.85. The number of carboxylic acid groups (broad SMARTS) is 1. The van der Waals surface area contributed by atoms with Crippen LogP contribution in [0.25, 0.3) is 0 Å². The smallest absolute Gasteiger partial charge is 0.303 e. The van der Waals surface area contributed by atoms with Crippen LogP contribution in [-0.2, 0) is 16.1 Å². The number of aliphatic carboxylic acids is 1. The van der Waals surface area contributed by atoms with E-state index in [0.717, 1.165) is 11.3 Å². The summed E-state index contributed by atoms with van der Waals surface area (Å²) in [6, 6.07) is 7.93. The lowest BCUT2D eigenvalue weighted by molar-refractivity contribution is -0.139. The number of benzene rings is 1. The average molecular weight is 292 g/mol. The van der Waals surface area contributed by atoms with Crippen molar-refractivity contribution in [2.24, 2.45) is 5.41 Å². The molecular formula is C16H24N2O3. The van der Waals surface area contributed by atoms with Crippen LogP contribution in [0.4, 0.5) is 5.69 Å². The van der Waals surface area contributed by atoms with E-state index in [1.807, 2.05) is 43.3 Å². The fourth-order valence-corrected chi connectivity index (χ4v) is 2.08. The quantitative estimate of drug-likeness (QED) is 0.809. The van der Waals surface area contributed by atoms with Crippen LogP contribution in [-0.4, -0.2) is 31.1 Å². The van der Waals surface area contributed by atoms with Crippen molar-refractivity contribution in [3.63, 3.8) is 0 Å². The van der Waals surface area contributed by atoms with Gasteiger partial charge in [0.25, 0.3) is 0 Å². The molecular weight excluding hydrogens is 268 g/mol. The van der Waals surface area contributed by atoms with Crippen LogP contribution in [0.1, 0.15) is 32.3 Å². The second-order valence-electron chi connectivity index (χ2n) is 6.25. The summed E-state index contributed by atoms with van der Waals surface area (Å²) >= 11 is 0. The highest BCUT2D eigenvalue weighted by atomic mass is 16.4. The third-order valence-corrected chi connectivity index (χ3v) is 3.21. The van der Waals surface area contributed by atoms with Gasteiger partial charge in [0.05, 0.1) is 6.42 Å². The molecule has 1 rings (SSSR count). The molecule has 1 amide bonds. The van der Waals surface area contributed by atoms with Crippen molar-refractivity contribution in [2.75, 3.05) is 19.0 Å². The number of anilines is 1. The summed E-state index contributed by atoms with van der Waals surface area (Å²) in [4.78, 5) is 24.6. The Labute approximate surface area is 126 Å². The number of hydrogen-bond donors (Lipinski definition) is 2. The van der Waals surface area contributed by atoms with Crippen molar-refractivity contribution in [2.45, 2.75) is 33.2 Å². The van der Waals surface area contributed by atoms with Crippen molar-refractivity contribution < 1.29 is 14.7 Å². The van der Waals surface area contributed by atoms with E-state index in [0.29, 0.717) is 6.54 Å². The molecule has 0 heterocycles. The van der Waals surface area contributed by atoms with E-state index in [4.69, 9.17) is 5.11 Å². The van der Waals surface area contributed by atoms with Gasteiger partial charge in [-0.15, -0.1) is 0 Å². The predicted molar refractivity (Wildman–Crippen MR) is 83.3 cm³/mol. The van der Waals surface area contributed by atoms with Gasteiger partial charge in [0.1, 0.15) is 0 Å². The number of rotatable bonds is 7. The van der Waals surface area contributed by atoms with Crippen LogP contribution < -0.4 is 10.2 Å².